The summed E-state index contributed by atoms with van der Waals surface area (Å²) in [5.41, 5.74) is 6.60. The average Bonchev–Trinajstić information content (AvgIpc) is 2.33. The number of ether oxygens (including phenoxy) is 1. The van der Waals surface area contributed by atoms with Crippen molar-refractivity contribution in [1.82, 2.24) is 0 Å². The lowest BCUT2D eigenvalue weighted by Gasteiger charge is -2.12. The third kappa shape index (κ3) is 2.98. The molecule has 18 heavy (non-hydrogen) atoms. The molecule has 0 aliphatic rings. The second-order valence-electron chi connectivity index (χ2n) is 3.60. The zero-order valence-corrected chi connectivity index (χ0v) is 12.4. The van der Waals surface area contributed by atoms with E-state index in [1.807, 2.05) is 18.2 Å². The summed E-state index contributed by atoms with van der Waals surface area (Å²) in [6.07, 6.45) is 0. The van der Waals surface area contributed by atoms with Gasteiger partial charge in [0.25, 0.3) is 0 Å². The van der Waals surface area contributed by atoms with Gasteiger partial charge in [0.05, 0.1) is 5.02 Å². The predicted octanol–water partition coefficient (Wildman–Crippen LogP) is 5.01. The van der Waals surface area contributed by atoms with E-state index in [0.717, 1.165) is 10.0 Å². The first-order valence-electron chi connectivity index (χ1n) is 5.22. The van der Waals surface area contributed by atoms with Gasteiger partial charge in [-0.1, -0.05) is 45.2 Å². The van der Waals surface area contributed by atoms with Crippen molar-refractivity contribution < 1.29 is 4.74 Å². The van der Waals surface area contributed by atoms with E-state index in [-0.39, 0.29) is 0 Å². The summed E-state index contributed by atoms with van der Waals surface area (Å²) in [6, 6.07) is 10.7. The van der Waals surface area contributed by atoms with Crippen molar-refractivity contribution in [1.29, 1.82) is 0 Å². The normalized spacial score (nSPS) is 10.4. The lowest BCUT2D eigenvalue weighted by atomic mass is 10.2. The van der Waals surface area contributed by atoms with Crippen molar-refractivity contribution in [2.24, 2.45) is 5.73 Å². The van der Waals surface area contributed by atoms with Crippen LogP contribution in [0, 0.1) is 0 Å². The second-order valence-corrected chi connectivity index (χ2v) is 5.30. The Morgan fingerprint density at radius 1 is 1.11 bits per heavy atom. The van der Waals surface area contributed by atoms with Crippen LogP contribution in [-0.4, -0.2) is 0 Å². The molecular weight excluding hydrogens is 337 g/mol. The maximum Gasteiger partial charge on any atom is 0.146 e. The molecule has 2 rings (SSSR count). The standard InChI is InChI=1S/C13H10BrCl2NO/c14-10-2-1-3-12(9(10)7-17)18-13-5-4-8(15)6-11(13)16/h1-6H,7,17H2. The van der Waals surface area contributed by atoms with Crippen LogP contribution in [0.2, 0.25) is 10.0 Å². The zero-order valence-electron chi connectivity index (χ0n) is 9.29. The molecule has 0 saturated heterocycles. The Bertz CT molecular complexity index is 575. The molecule has 0 radical (unpaired) electrons. The molecule has 2 nitrogen and oxygen atoms in total. The SMILES string of the molecule is NCc1c(Br)cccc1Oc1ccc(Cl)cc1Cl. The van der Waals surface area contributed by atoms with Gasteiger partial charge in [-0.3, -0.25) is 0 Å². The van der Waals surface area contributed by atoms with Crippen LogP contribution in [0.5, 0.6) is 11.5 Å². The Kier molecular flexibility index (Phi) is 4.51. The van der Waals surface area contributed by atoms with Gasteiger partial charge in [-0.05, 0) is 30.3 Å². The van der Waals surface area contributed by atoms with Crippen molar-refractivity contribution in [3.8, 4) is 11.5 Å². The van der Waals surface area contributed by atoms with Crippen LogP contribution in [0.4, 0.5) is 0 Å². The highest BCUT2D eigenvalue weighted by atomic mass is 79.9. The third-order valence-corrected chi connectivity index (χ3v) is 3.67. The van der Waals surface area contributed by atoms with Gasteiger partial charge in [0.1, 0.15) is 11.5 Å². The fourth-order valence-electron chi connectivity index (χ4n) is 1.51. The van der Waals surface area contributed by atoms with Crippen molar-refractivity contribution in [3.05, 3.63) is 56.5 Å². The van der Waals surface area contributed by atoms with E-state index in [0.29, 0.717) is 28.1 Å². The minimum Gasteiger partial charge on any atom is -0.455 e. The van der Waals surface area contributed by atoms with Gasteiger partial charge in [-0.25, -0.2) is 0 Å². The quantitative estimate of drug-likeness (QED) is 0.848. The summed E-state index contributed by atoms with van der Waals surface area (Å²) in [4.78, 5) is 0. The lowest BCUT2D eigenvalue weighted by molar-refractivity contribution is 0.476. The lowest BCUT2D eigenvalue weighted by Crippen LogP contribution is -2.00. The maximum absolute atomic E-state index is 6.06. The fraction of sp³-hybridized carbons (Fsp3) is 0.0769. The Hall–Kier alpha value is -0.740. The third-order valence-electron chi connectivity index (χ3n) is 2.39. The molecule has 0 bridgehead atoms. The van der Waals surface area contributed by atoms with E-state index in [1.54, 1.807) is 18.2 Å². The van der Waals surface area contributed by atoms with E-state index in [1.165, 1.54) is 0 Å². The smallest absolute Gasteiger partial charge is 0.146 e. The monoisotopic (exact) mass is 345 g/mol. The Labute approximate surface area is 124 Å². The van der Waals surface area contributed by atoms with Crippen LogP contribution in [0.3, 0.4) is 0 Å². The minimum atomic E-state index is 0.377. The molecule has 2 aromatic carbocycles. The van der Waals surface area contributed by atoms with Crippen molar-refractivity contribution >= 4 is 39.1 Å². The van der Waals surface area contributed by atoms with Crippen molar-refractivity contribution in [3.63, 3.8) is 0 Å². The first-order chi connectivity index (χ1) is 8.61. The number of hydrogen-bond donors (Lipinski definition) is 1. The summed E-state index contributed by atoms with van der Waals surface area (Å²) in [6.45, 7) is 0.377. The van der Waals surface area contributed by atoms with Gasteiger partial charge in [-0.15, -0.1) is 0 Å². The number of halogens is 3. The molecule has 0 atom stereocenters. The highest BCUT2D eigenvalue weighted by molar-refractivity contribution is 9.10. The zero-order chi connectivity index (χ0) is 13.1. The molecule has 0 heterocycles. The number of hydrogen-bond acceptors (Lipinski definition) is 2. The van der Waals surface area contributed by atoms with Gasteiger partial charge >= 0.3 is 0 Å². The Balaban J connectivity index is 2.37. The van der Waals surface area contributed by atoms with Gasteiger partial charge in [0, 0.05) is 21.6 Å². The van der Waals surface area contributed by atoms with Crippen LogP contribution in [0.1, 0.15) is 5.56 Å². The molecular formula is C13H10BrCl2NO. The van der Waals surface area contributed by atoms with Crippen LogP contribution in [0.25, 0.3) is 0 Å². The Morgan fingerprint density at radius 3 is 2.56 bits per heavy atom. The predicted molar refractivity (Wildman–Crippen MR) is 78.6 cm³/mol. The van der Waals surface area contributed by atoms with Crippen LogP contribution < -0.4 is 10.5 Å². The summed E-state index contributed by atoms with van der Waals surface area (Å²) >= 11 is 15.3. The average molecular weight is 347 g/mol. The highest BCUT2D eigenvalue weighted by Gasteiger charge is 2.09. The molecule has 0 amide bonds. The Morgan fingerprint density at radius 2 is 1.89 bits per heavy atom. The fourth-order valence-corrected chi connectivity index (χ4v) is 2.47. The molecule has 2 aromatic rings. The van der Waals surface area contributed by atoms with Crippen LogP contribution >= 0.6 is 39.1 Å². The molecule has 2 N–H and O–H groups in total. The van der Waals surface area contributed by atoms with Crippen LogP contribution in [-0.2, 0) is 6.54 Å². The topological polar surface area (TPSA) is 35.2 Å². The van der Waals surface area contributed by atoms with Crippen molar-refractivity contribution in [2.45, 2.75) is 6.54 Å². The summed E-state index contributed by atoms with van der Waals surface area (Å²) in [5.74, 6) is 1.23. The van der Waals surface area contributed by atoms with E-state index in [2.05, 4.69) is 15.9 Å². The summed E-state index contributed by atoms with van der Waals surface area (Å²) in [7, 11) is 0. The van der Waals surface area contributed by atoms with Gasteiger partial charge < -0.3 is 10.5 Å². The van der Waals surface area contributed by atoms with Gasteiger partial charge in [0.2, 0.25) is 0 Å². The molecule has 0 fully saturated rings. The van der Waals surface area contributed by atoms with Crippen molar-refractivity contribution in [2.75, 3.05) is 0 Å². The first kappa shape index (κ1) is 13.7. The molecule has 0 aliphatic heterocycles. The van der Waals surface area contributed by atoms with Gasteiger partial charge in [0.15, 0.2) is 0 Å². The molecule has 0 unspecified atom stereocenters. The molecule has 0 saturated carbocycles. The molecule has 0 spiro atoms. The van der Waals surface area contributed by atoms with E-state index >= 15 is 0 Å². The number of benzene rings is 2. The van der Waals surface area contributed by atoms with E-state index in [9.17, 15) is 0 Å². The van der Waals surface area contributed by atoms with E-state index < -0.39 is 0 Å². The second kappa shape index (κ2) is 5.93. The summed E-state index contributed by atoms with van der Waals surface area (Å²) < 4.78 is 6.68. The molecule has 0 aliphatic carbocycles. The minimum absolute atomic E-state index is 0.377. The number of nitrogens with two attached hydrogens (primary N) is 1. The molecule has 5 heteroatoms. The van der Waals surface area contributed by atoms with Crippen LogP contribution in [0.15, 0.2) is 40.9 Å². The first-order valence-corrected chi connectivity index (χ1v) is 6.77. The number of rotatable bonds is 3. The maximum atomic E-state index is 6.06. The molecule has 0 aromatic heterocycles. The molecule has 94 valence electrons. The van der Waals surface area contributed by atoms with E-state index in [4.69, 9.17) is 33.7 Å². The highest BCUT2D eigenvalue weighted by Crippen LogP contribution is 2.35. The van der Waals surface area contributed by atoms with Gasteiger partial charge in [-0.2, -0.15) is 0 Å². The summed E-state index contributed by atoms with van der Waals surface area (Å²) in [5, 5.41) is 1.03. The largest absolute Gasteiger partial charge is 0.455 e.